The monoisotopic (exact) mass is 320 g/mol. The van der Waals surface area contributed by atoms with E-state index in [1.54, 1.807) is 43.3 Å². The number of nitrogens with zero attached hydrogens (tertiary/aromatic N) is 1. The quantitative estimate of drug-likeness (QED) is 0.700. The van der Waals surface area contributed by atoms with Crippen molar-refractivity contribution in [1.82, 2.24) is 10.2 Å². The van der Waals surface area contributed by atoms with Crippen molar-refractivity contribution >= 4 is 29.1 Å². The van der Waals surface area contributed by atoms with E-state index in [-0.39, 0.29) is 30.3 Å². The third kappa shape index (κ3) is 6.48. The van der Waals surface area contributed by atoms with E-state index in [1.807, 2.05) is 6.92 Å². The summed E-state index contributed by atoms with van der Waals surface area (Å²) in [4.78, 5) is 36.5. The van der Waals surface area contributed by atoms with Gasteiger partial charge in [-0.25, -0.2) is 0 Å². The summed E-state index contributed by atoms with van der Waals surface area (Å²) in [6, 6.07) is 6.93. The van der Waals surface area contributed by atoms with Gasteiger partial charge in [-0.15, -0.1) is 0 Å². The molecule has 0 aromatic heterocycles. The third-order valence-electron chi connectivity index (χ3n) is 3.42. The first-order valence-electron chi connectivity index (χ1n) is 7.40. The summed E-state index contributed by atoms with van der Waals surface area (Å²) in [5.41, 5.74) is 1.09. The second-order valence-electron chi connectivity index (χ2n) is 5.42. The highest BCUT2D eigenvalue weighted by Crippen LogP contribution is 2.20. The molecule has 7 heteroatoms. The number of carbonyl (C=O) groups excluding carboxylic acids is 3. The molecular formula is C16H24N4O3. The summed E-state index contributed by atoms with van der Waals surface area (Å²) < 4.78 is 0. The molecule has 0 aliphatic rings. The van der Waals surface area contributed by atoms with E-state index in [0.717, 1.165) is 0 Å². The lowest BCUT2D eigenvalue weighted by Gasteiger charge is -2.23. The maximum atomic E-state index is 12.2. The molecule has 0 aliphatic carbocycles. The predicted molar refractivity (Wildman–Crippen MR) is 90.2 cm³/mol. The molecule has 0 heterocycles. The molecule has 0 fully saturated rings. The third-order valence-corrected chi connectivity index (χ3v) is 3.42. The second-order valence-corrected chi connectivity index (χ2v) is 5.42. The van der Waals surface area contributed by atoms with Crippen LogP contribution >= 0.6 is 0 Å². The van der Waals surface area contributed by atoms with Gasteiger partial charge in [-0.1, -0.05) is 12.1 Å². The van der Waals surface area contributed by atoms with E-state index in [0.29, 0.717) is 17.8 Å². The van der Waals surface area contributed by atoms with Gasteiger partial charge in [-0.3, -0.25) is 19.3 Å². The van der Waals surface area contributed by atoms with Crippen LogP contribution in [0.25, 0.3) is 0 Å². The van der Waals surface area contributed by atoms with Gasteiger partial charge >= 0.3 is 0 Å². The maximum absolute atomic E-state index is 12.2. The highest BCUT2D eigenvalue weighted by atomic mass is 16.2. The van der Waals surface area contributed by atoms with Crippen molar-refractivity contribution in [3.05, 3.63) is 24.3 Å². The average Bonchev–Trinajstić information content (AvgIpc) is 2.48. The van der Waals surface area contributed by atoms with Gasteiger partial charge in [0, 0.05) is 26.4 Å². The van der Waals surface area contributed by atoms with Gasteiger partial charge in [-0.05, 0) is 26.1 Å². The van der Waals surface area contributed by atoms with Gasteiger partial charge in [0.25, 0.3) is 0 Å². The lowest BCUT2D eigenvalue weighted by Crippen LogP contribution is -2.39. The summed E-state index contributed by atoms with van der Waals surface area (Å²) in [6.07, 6.45) is 0.322. The topological polar surface area (TPSA) is 90.5 Å². The van der Waals surface area contributed by atoms with Crippen molar-refractivity contribution in [3.8, 4) is 0 Å². The van der Waals surface area contributed by atoms with Crippen molar-refractivity contribution in [3.63, 3.8) is 0 Å². The van der Waals surface area contributed by atoms with Gasteiger partial charge in [0.15, 0.2) is 0 Å². The molecule has 1 aromatic carbocycles. The van der Waals surface area contributed by atoms with E-state index in [1.165, 1.54) is 6.92 Å². The first-order chi connectivity index (χ1) is 10.8. The minimum atomic E-state index is -0.214. The van der Waals surface area contributed by atoms with Crippen LogP contribution in [-0.4, -0.2) is 49.3 Å². The van der Waals surface area contributed by atoms with Crippen LogP contribution < -0.4 is 16.0 Å². The molecule has 0 spiro atoms. The van der Waals surface area contributed by atoms with E-state index in [4.69, 9.17) is 0 Å². The fourth-order valence-corrected chi connectivity index (χ4v) is 1.99. The summed E-state index contributed by atoms with van der Waals surface area (Å²) >= 11 is 0. The minimum Gasteiger partial charge on any atom is -0.359 e. The Balaban J connectivity index is 2.63. The lowest BCUT2D eigenvalue weighted by molar-refractivity contribution is -0.123. The fraction of sp³-hybridized carbons (Fsp3) is 0.438. The average molecular weight is 320 g/mol. The first kappa shape index (κ1) is 18.6. The highest BCUT2D eigenvalue weighted by molar-refractivity contribution is 5.99. The van der Waals surface area contributed by atoms with E-state index < -0.39 is 0 Å². The van der Waals surface area contributed by atoms with Crippen LogP contribution in [0.5, 0.6) is 0 Å². The number of para-hydroxylation sites is 2. The predicted octanol–water partition coefficient (Wildman–Crippen LogP) is 1.04. The molecule has 1 aromatic rings. The van der Waals surface area contributed by atoms with Crippen LogP contribution in [0.4, 0.5) is 11.4 Å². The zero-order chi connectivity index (χ0) is 17.4. The van der Waals surface area contributed by atoms with E-state index in [9.17, 15) is 14.4 Å². The zero-order valence-electron chi connectivity index (χ0n) is 14.0. The van der Waals surface area contributed by atoms with Crippen molar-refractivity contribution in [2.24, 2.45) is 0 Å². The fourth-order valence-electron chi connectivity index (χ4n) is 1.99. The molecule has 3 N–H and O–H groups in total. The molecule has 3 amide bonds. The van der Waals surface area contributed by atoms with Gasteiger partial charge in [0.05, 0.1) is 17.9 Å². The Kier molecular flexibility index (Phi) is 7.21. The van der Waals surface area contributed by atoms with Crippen LogP contribution in [0.1, 0.15) is 20.3 Å². The van der Waals surface area contributed by atoms with Crippen molar-refractivity contribution in [1.29, 1.82) is 0 Å². The largest absolute Gasteiger partial charge is 0.359 e. The lowest BCUT2D eigenvalue weighted by atomic mass is 10.2. The molecule has 0 unspecified atom stereocenters. The number of nitrogens with one attached hydrogen (secondary N) is 3. The molecule has 0 aliphatic heterocycles. The van der Waals surface area contributed by atoms with Crippen LogP contribution in [0, 0.1) is 0 Å². The van der Waals surface area contributed by atoms with Gasteiger partial charge in [-0.2, -0.15) is 0 Å². The van der Waals surface area contributed by atoms with Gasteiger partial charge < -0.3 is 16.0 Å². The Morgan fingerprint density at radius 1 is 1.09 bits per heavy atom. The molecule has 0 radical (unpaired) electrons. The Labute approximate surface area is 136 Å². The molecule has 1 rings (SSSR count). The van der Waals surface area contributed by atoms with Crippen LogP contribution in [0.15, 0.2) is 24.3 Å². The van der Waals surface area contributed by atoms with Crippen LogP contribution in [0.2, 0.25) is 0 Å². The van der Waals surface area contributed by atoms with Crippen LogP contribution in [-0.2, 0) is 14.4 Å². The Morgan fingerprint density at radius 2 is 1.65 bits per heavy atom. The first-order valence-corrected chi connectivity index (χ1v) is 7.40. The number of hydrogen-bond acceptors (Lipinski definition) is 4. The molecule has 0 saturated heterocycles. The molecule has 7 nitrogen and oxygen atoms in total. The second kappa shape index (κ2) is 8.89. The number of likely N-dealkylation sites (N-methyl/N-ethyl adjacent to an activating group) is 1. The highest BCUT2D eigenvalue weighted by Gasteiger charge is 2.16. The summed E-state index contributed by atoms with van der Waals surface area (Å²) in [5.74, 6) is -0.488. The SMILES string of the molecule is CNC(=O)C[C@H](C)N(C)CC(=O)Nc1ccccc1NC(C)=O. The standard InChI is InChI=1S/C16H24N4O3/c1-11(9-15(22)17-3)20(4)10-16(23)19-14-8-6-5-7-13(14)18-12(2)21/h5-8,11H,9-10H2,1-4H3,(H,17,22)(H,18,21)(H,19,23)/t11-/m0/s1. The Morgan fingerprint density at radius 3 is 2.17 bits per heavy atom. The molecule has 0 bridgehead atoms. The molecule has 126 valence electrons. The zero-order valence-corrected chi connectivity index (χ0v) is 14.0. The number of benzene rings is 1. The maximum Gasteiger partial charge on any atom is 0.238 e. The van der Waals surface area contributed by atoms with Crippen LogP contribution in [0.3, 0.4) is 0 Å². The molecule has 23 heavy (non-hydrogen) atoms. The summed E-state index contributed by atoms with van der Waals surface area (Å²) in [5, 5.41) is 8.00. The van der Waals surface area contributed by atoms with Crippen molar-refractivity contribution < 1.29 is 14.4 Å². The normalized spacial score (nSPS) is 11.7. The Bertz CT molecular complexity index is 574. The molecule has 0 saturated carbocycles. The molecular weight excluding hydrogens is 296 g/mol. The number of carbonyl (C=O) groups is 3. The molecule has 1 atom stereocenters. The van der Waals surface area contributed by atoms with Crippen molar-refractivity contribution in [2.75, 3.05) is 31.3 Å². The number of rotatable bonds is 7. The van der Waals surface area contributed by atoms with Gasteiger partial charge in [0.1, 0.15) is 0 Å². The Hall–Kier alpha value is -2.41. The van der Waals surface area contributed by atoms with Crippen molar-refractivity contribution in [2.45, 2.75) is 26.3 Å². The van der Waals surface area contributed by atoms with E-state index >= 15 is 0 Å². The number of hydrogen-bond donors (Lipinski definition) is 3. The smallest absolute Gasteiger partial charge is 0.238 e. The summed E-state index contributed by atoms with van der Waals surface area (Å²) in [6.45, 7) is 3.44. The van der Waals surface area contributed by atoms with E-state index in [2.05, 4.69) is 16.0 Å². The van der Waals surface area contributed by atoms with Gasteiger partial charge in [0.2, 0.25) is 17.7 Å². The summed E-state index contributed by atoms with van der Waals surface area (Å²) in [7, 11) is 3.37. The number of anilines is 2. The number of amides is 3. The minimum absolute atomic E-state index is 0.0636.